The Morgan fingerprint density at radius 3 is 2.00 bits per heavy atom. The van der Waals surface area contributed by atoms with Gasteiger partial charge in [-0.15, -0.1) is 0 Å². The molecule has 4 bridgehead atoms. The van der Waals surface area contributed by atoms with Crippen molar-refractivity contribution in [3.05, 3.63) is 0 Å². The summed E-state index contributed by atoms with van der Waals surface area (Å²) in [6.45, 7) is 5.49. The van der Waals surface area contributed by atoms with Crippen LogP contribution in [0.2, 0.25) is 0 Å². The van der Waals surface area contributed by atoms with Crippen LogP contribution < -0.4 is 5.32 Å². The van der Waals surface area contributed by atoms with Crippen LogP contribution >= 0.6 is 0 Å². The highest BCUT2D eigenvalue weighted by Gasteiger charge is 2.51. The molecular weight excluding hydrogens is 326 g/mol. The van der Waals surface area contributed by atoms with Crippen LogP contribution in [-0.2, 0) is 9.59 Å². The molecular formula is C21H35N3O2. The highest BCUT2D eigenvalue weighted by atomic mass is 16.2. The summed E-state index contributed by atoms with van der Waals surface area (Å²) in [5.41, 5.74) is 0.104. The van der Waals surface area contributed by atoms with E-state index < -0.39 is 0 Å². The summed E-state index contributed by atoms with van der Waals surface area (Å²) >= 11 is 0. The van der Waals surface area contributed by atoms with Crippen LogP contribution in [-0.4, -0.2) is 59.4 Å². The highest BCUT2D eigenvalue weighted by Crippen LogP contribution is 2.55. The molecule has 1 N–H and O–H groups in total. The molecule has 1 unspecified atom stereocenters. The molecule has 146 valence electrons. The van der Waals surface area contributed by atoms with Gasteiger partial charge in [0.1, 0.15) is 0 Å². The predicted molar refractivity (Wildman–Crippen MR) is 102 cm³/mol. The van der Waals surface area contributed by atoms with Crippen molar-refractivity contribution < 1.29 is 9.59 Å². The van der Waals surface area contributed by atoms with Gasteiger partial charge in [0.25, 0.3) is 0 Å². The Kier molecular flexibility index (Phi) is 4.79. The third-order valence-electron chi connectivity index (χ3n) is 7.90. The number of carbonyl (C=O) groups is 2. The minimum Gasteiger partial charge on any atom is -0.349 e. The molecule has 5 rings (SSSR count). The van der Waals surface area contributed by atoms with E-state index in [-0.39, 0.29) is 23.4 Å². The van der Waals surface area contributed by atoms with E-state index in [1.807, 2.05) is 11.9 Å². The van der Waals surface area contributed by atoms with Crippen molar-refractivity contribution in [1.82, 2.24) is 15.1 Å². The lowest BCUT2D eigenvalue weighted by atomic mass is 9.53. The van der Waals surface area contributed by atoms with Gasteiger partial charge in [0.05, 0.1) is 6.04 Å². The Balaban J connectivity index is 1.32. The topological polar surface area (TPSA) is 52.7 Å². The first-order valence-corrected chi connectivity index (χ1v) is 10.6. The molecule has 4 aliphatic carbocycles. The van der Waals surface area contributed by atoms with Gasteiger partial charge in [0.2, 0.25) is 11.8 Å². The second-order valence-corrected chi connectivity index (χ2v) is 9.76. The van der Waals surface area contributed by atoms with Crippen molar-refractivity contribution in [3.8, 4) is 0 Å². The fourth-order valence-electron chi connectivity index (χ4n) is 6.71. The van der Waals surface area contributed by atoms with Crippen LogP contribution in [0.1, 0.15) is 65.2 Å². The molecule has 5 heteroatoms. The highest BCUT2D eigenvalue weighted by molar-refractivity contribution is 5.82. The molecule has 0 radical (unpaired) electrons. The standard InChI is InChI=1S/C21H35N3O2/c1-14(24-6-4-19(5-7-24)23(3)15(2)25)20(26)22-21-11-16-8-17(12-21)10-18(9-16)13-21/h14,16-19H,4-13H2,1-3H3,(H,22,26). The Morgan fingerprint density at radius 1 is 1.04 bits per heavy atom. The number of amides is 2. The lowest BCUT2D eigenvalue weighted by Crippen LogP contribution is -2.62. The lowest BCUT2D eigenvalue weighted by molar-refractivity contribution is -0.134. The summed E-state index contributed by atoms with van der Waals surface area (Å²) in [4.78, 5) is 28.8. The first-order chi connectivity index (χ1) is 12.3. The molecule has 1 saturated heterocycles. The number of likely N-dealkylation sites (tertiary alicyclic amines) is 1. The van der Waals surface area contributed by atoms with Gasteiger partial charge in [-0.2, -0.15) is 0 Å². The van der Waals surface area contributed by atoms with Crippen molar-refractivity contribution >= 4 is 11.8 Å². The maximum atomic E-state index is 13.0. The fraction of sp³-hybridized carbons (Fsp3) is 0.905. The molecule has 5 fully saturated rings. The summed E-state index contributed by atoms with van der Waals surface area (Å²) in [5.74, 6) is 2.93. The Morgan fingerprint density at radius 2 is 1.54 bits per heavy atom. The van der Waals surface area contributed by atoms with Gasteiger partial charge in [-0.1, -0.05) is 0 Å². The van der Waals surface area contributed by atoms with E-state index in [4.69, 9.17) is 0 Å². The van der Waals surface area contributed by atoms with Crippen LogP contribution in [0.15, 0.2) is 0 Å². The van der Waals surface area contributed by atoms with Gasteiger partial charge in [0.15, 0.2) is 0 Å². The number of nitrogens with zero attached hydrogens (tertiary/aromatic N) is 2. The molecule has 5 nitrogen and oxygen atoms in total. The van der Waals surface area contributed by atoms with Crippen LogP contribution in [0.3, 0.4) is 0 Å². The van der Waals surface area contributed by atoms with Crippen LogP contribution in [0, 0.1) is 17.8 Å². The molecule has 2 amide bonds. The summed E-state index contributed by atoms with van der Waals surface area (Å²) in [5, 5.41) is 3.53. The van der Waals surface area contributed by atoms with Crippen molar-refractivity contribution in [2.45, 2.75) is 82.8 Å². The molecule has 0 aromatic rings. The van der Waals surface area contributed by atoms with E-state index in [9.17, 15) is 9.59 Å². The lowest BCUT2D eigenvalue weighted by Gasteiger charge is -2.57. The molecule has 1 heterocycles. The number of hydrogen-bond donors (Lipinski definition) is 1. The molecule has 5 aliphatic rings. The number of piperidine rings is 1. The number of carbonyl (C=O) groups excluding carboxylic acids is 2. The van der Waals surface area contributed by atoms with Crippen molar-refractivity contribution in [1.29, 1.82) is 0 Å². The molecule has 1 atom stereocenters. The third kappa shape index (κ3) is 3.39. The Hall–Kier alpha value is -1.10. The van der Waals surface area contributed by atoms with Gasteiger partial charge in [-0.05, 0) is 76.0 Å². The first kappa shape index (κ1) is 18.3. The minimum absolute atomic E-state index is 0.0633. The minimum atomic E-state index is -0.0633. The summed E-state index contributed by atoms with van der Waals surface area (Å²) < 4.78 is 0. The number of hydrogen-bond acceptors (Lipinski definition) is 3. The normalized spacial score (nSPS) is 38.2. The van der Waals surface area contributed by atoms with Gasteiger partial charge >= 0.3 is 0 Å². The molecule has 0 aromatic heterocycles. The quantitative estimate of drug-likeness (QED) is 0.837. The van der Waals surface area contributed by atoms with E-state index in [1.54, 1.807) is 6.92 Å². The van der Waals surface area contributed by atoms with Gasteiger partial charge < -0.3 is 10.2 Å². The SMILES string of the molecule is CC(=O)N(C)C1CCN(C(C)C(=O)NC23CC4CC(CC(C4)C2)C3)CC1. The summed E-state index contributed by atoms with van der Waals surface area (Å²) in [7, 11) is 1.89. The average molecular weight is 362 g/mol. The Bertz CT molecular complexity index is 532. The van der Waals surface area contributed by atoms with E-state index in [1.165, 1.54) is 38.5 Å². The molecule has 0 spiro atoms. The maximum absolute atomic E-state index is 13.0. The molecule has 0 aromatic carbocycles. The van der Waals surface area contributed by atoms with Crippen LogP contribution in [0.5, 0.6) is 0 Å². The van der Waals surface area contributed by atoms with Crippen molar-refractivity contribution in [3.63, 3.8) is 0 Å². The molecule has 4 saturated carbocycles. The van der Waals surface area contributed by atoms with Gasteiger partial charge in [0, 0.05) is 38.6 Å². The smallest absolute Gasteiger partial charge is 0.237 e. The van der Waals surface area contributed by atoms with Crippen LogP contribution in [0.4, 0.5) is 0 Å². The first-order valence-electron chi connectivity index (χ1n) is 10.6. The monoisotopic (exact) mass is 361 g/mol. The molecule has 1 aliphatic heterocycles. The zero-order chi connectivity index (χ0) is 18.5. The third-order valence-corrected chi connectivity index (χ3v) is 7.90. The maximum Gasteiger partial charge on any atom is 0.237 e. The predicted octanol–water partition coefficient (Wildman–Crippen LogP) is 2.40. The molecule has 26 heavy (non-hydrogen) atoms. The average Bonchev–Trinajstić information content (AvgIpc) is 2.59. The zero-order valence-electron chi connectivity index (χ0n) is 16.7. The van der Waals surface area contributed by atoms with Gasteiger partial charge in [-0.25, -0.2) is 0 Å². The second kappa shape index (κ2) is 6.81. The van der Waals surface area contributed by atoms with Crippen molar-refractivity contribution in [2.24, 2.45) is 17.8 Å². The zero-order valence-corrected chi connectivity index (χ0v) is 16.7. The van der Waals surface area contributed by atoms with E-state index >= 15 is 0 Å². The van der Waals surface area contributed by atoms with E-state index in [2.05, 4.69) is 17.1 Å². The van der Waals surface area contributed by atoms with Crippen molar-refractivity contribution in [2.75, 3.05) is 20.1 Å². The number of nitrogens with one attached hydrogen (secondary N) is 1. The number of rotatable bonds is 4. The second-order valence-electron chi connectivity index (χ2n) is 9.76. The largest absolute Gasteiger partial charge is 0.349 e. The van der Waals surface area contributed by atoms with Crippen LogP contribution in [0.25, 0.3) is 0 Å². The Labute approximate surface area is 157 Å². The summed E-state index contributed by atoms with van der Waals surface area (Å²) in [6, 6.07) is 0.258. The summed E-state index contributed by atoms with van der Waals surface area (Å²) in [6.07, 6.45) is 9.77. The fourth-order valence-corrected chi connectivity index (χ4v) is 6.71. The van der Waals surface area contributed by atoms with Gasteiger partial charge in [-0.3, -0.25) is 14.5 Å². The van der Waals surface area contributed by atoms with E-state index in [0.29, 0.717) is 6.04 Å². The van der Waals surface area contributed by atoms with E-state index in [0.717, 1.165) is 43.7 Å².